The highest BCUT2D eigenvalue weighted by Gasteiger charge is 2.57. The number of aromatic nitrogens is 3. The van der Waals surface area contributed by atoms with Gasteiger partial charge in [0.15, 0.2) is 12.1 Å². The minimum absolute atomic E-state index is 0.128. The number of fused-ring (bicyclic) bond motifs is 6. The molecule has 1 aromatic carbocycles. The van der Waals surface area contributed by atoms with Gasteiger partial charge in [0.05, 0.1) is 11.0 Å². The molecule has 7 rings (SSSR count). The van der Waals surface area contributed by atoms with E-state index in [1.807, 2.05) is 6.33 Å². The molecule has 0 spiro atoms. The topological polar surface area (TPSA) is 73.0 Å². The first-order valence-electron chi connectivity index (χ1n) is 13.5. The quantitative estimate of drug-likeness (QED) is 0.449. The zero-order valence-electron chi connectivity index (χ0n) is 21.1. The SMILES string of the molecule is C[C@]12CC[C@H](NC(=O)c3cocn3)CC1=CC[C@@H]1[C@@H]2CC[C@]2(C)C(n3cnc4ccccc43)=CC[C@@H]12. The van der Waals surface area contributed by atoms with Gasteiger partial charge in [-0.15, -0.1) is 0 Å². The maximum Gasteiger partial charge on any atom is 0.273 e. The first-order valence-corrected chi connectivity index (χ1v) is 13.5. The van der Waals surface area contributed by atoms with Gasteiger partial charge in [0.2, 0.25) is 0 Å². The number of imidazole rings is 1. The second kappa shape index (κ2) is 7.92. The van der Waals surface area contributed by atoms with Crippen molar-refractivity contribution in [2.75, 3.05) is 0 Å². The Bertz CT molecular complexity index is 1380. The van der Waals surface area contributed by atoms with Crippen molar-refractivity contribution in [2.45, 2.75) is 64.8 Å². The van der Waals surface area contributed by atoms with E-state index >= 15 is 0 Å². The number of allylic oxidation sites excluding steroid dienone is 3. The average molecular weight is 483 g/mol. The van der Waals surface area contributed by atoms with E-state index in [-0.39, 0.29) is 22.8 Å². The van der Waals surface area contributed by atoms with E-state index in [1.54, 1.807) is 5.57 Å². The van der Waals surface area contributed by atoms with Crippen molar-refractivity contribution in [3.8, 4) is 0 Å². The average Bonchev–Trinajstić information content (AvgIpc) is 3.62. The number of carbonyl (C=O) groups is 1. The van der Waals surface area contributed by atoms with Crippen LogP contribution >= 0.6 is 0 Å². The Labute approximate surface area is 211 Å². The smallest absolute Gasteiger partial charge is 0.273 e. The number of hydrogen-bond donors (Lipinski definition) is 1. The van der Waals surface area contributed by atoms with Crippen LogP contribution in [0.3, 0.4) is 0 Å². The minimum atomic E-state index is -0.128. The number of nitrogens with one attached hydrogen (secondary N) is 1. The zero-order valence-corrected chi connectivity index (χ0v) is 21.1. The summed E-state index contributed by atoms with van der Waals surface area (Å²) in [5.74, 6) is 1.97. The van der Waals surface area contributed by atoms with Gasteiger partial charge in [-0.05, 0) is 80.2 Å². The Morgan fingerprint density at radius 2 is 1.92 bits per heavy atom. The van der Waals surface area contributed by atoms with Crippen LogP contribution in [-0.4, -0.2) is 26.5 Å². The van der Waals surface area contributed by atoms with Gasteiger partial charge < -0.3 is 14.3 Å². The molecule has 4 aliphatic rings. The lowest BCUT2D eigenvalue weighted by Crippen LogP contribution is -2.51. The van der Waals surface area contributed by atoms with Crippen LogP contribution in [-0.2, 0) is 0 Å². The predicted molar refractivity (Wildman–Crippen MR) is 139 cm³/mol. The van der Waals surface area contributed by atoms with E-state index in [4.69, 9.17) is 9.40 Å². The van der Waals surface area contributed by atoms with E-state index in [0.717, 1.165) is 43.5 Å². The normalized spacial score (nSPS) is 35.4. The van der Waals surface area contributed by atoms with Gasteiger partial charge in [-0.25, -0.2) is 9.97 Å². The second-order valence-corrected chi connectivity index (χ2v) is 11.9. The Kier molecular flexibility index (Phi) is 4.86. The largest absolute Gasteiger partial charge is 0.451 e. The fraction of sp³-hybridized carbons (Fsp3) is 0.500. The molecule has 0 unspecified atom stereocenters. The van der Waals surface area contributed by atoms with Crippen LogP contribution < -0.4 is 5.32 Å². The second-order valence-electron chi connectivity index (χ2n) is 11.9. The third-order valence-corrected chi connectivity index (χ3v) is 10.4. The molecular formula is C30H34N4O2. The van der Waals surface area contributed by atoms with Crippen LogP contribution in [0.25, 0.3) is 16.7 Å². The fourth-order valence-electron chi connectivity index (χ4n) is 8.44. The molecule has 6 atom stereocenters. The van der Waals surface area contributed by atoms with E-state index in [2.05, 4.69) is 65.1 Å². The highest BCUT2D eigenvalue weighted by atomic mass is 16.3. The number of carbonyl (C=O) groups excluding carboxylic acids is 1. The molecular weight excluding hydrogens is 448 g/mol. The molecule has 2 fully saturated rings. The summed E-state index contributed by atoms with van der Waals surface area (Å²) >= 11 is 0. The molecule has 36 heavy (non-hydrogen) atoms. The Morgan fingerprint density at radius 3 is 2.78 bits per heavy atom. The minimum Gasteiger partial charge on any atom is -0.451 e. The van der Waals surface area contributed by atoms with Crippen LogP contribution in [0.15, 0.2) is 65.4 Å². The number of nitrogens with zero attached hydrogens (tertiary/aromatic N) is 3. The summed E-state index contributed by atoms with van der Waals surface area (Å²) in [6.45, 7) is 5.03. The lowest BCUT2D eigenvalue weighted by molar-refractivity contribution is -0.0136. The molecule has 1 N–H and O–H groups in total. The van der Waals surface area contributed by atoms with E-state index in [9.17, 15) is 4.79 Å². The highest BCUT2D eigenvalue weighted by Crippen LogP contribution is 2.65. The first-order chi connectivity index (χ1) is 17.5. The molecule has 6 nitrogen and oxygen atoms in total. The molecule has 0 bridgehead atoms. The molecule has 1 amide bonds. The summed E-state index contributed by atoms with van der Waals surface area (Å²) in [6.07, 6.45) is 17.8. The maximum atomic E-state index is 12.5. The van der Waals surface area contributed by atoms with Crippen molar-refractivity contribution >= 4 is 22.6 Å². The monoisotopic (exact) mass is 482 g/mol. The number of benzene rings is 1. The third-order valence-electron chi connectivity index (χ3n) is 10.4. The van der Waals surface area contributed by atoms with E-state index < -0.39 is 0 Å². The molecule has 2 aromatic heterocycles. The molecule has 6 heteroatoms. The van der Waals surface area contributed by atoms with E-state index in [1.165, 1.54) is 36.7 Å². The van der Waals surface area contributed by atoms with Crippen LogP contribution in [0, 0.1) is 28.6 Å². The van der Waals surface area contributed by atoms with E-state index in [0.29, 0.717) is 17.5 Å². The standard InChI is InChI=1S/C30H34N4O2/c1-29-13-11-20(33-28(35)25-16-36-18-32-25)15-19(29)7-8-21-22-9-10-27(30(22,2)14-12-23(21)29)34-17-31-24-5-3-4-6-26(24)34/h3-7,10,16-18,20-23H,8-9,11-15H2,1-2H3,(H,33,35)/t20-,21-,22-,23-,29-,30-/m0/s1. The molecule has 0 radical (unpaired) electrons. The number of hydrogen-bond acceptors (Lipinski definition) is 4. The summed E-state index contributed by atoms with van der Waals surface area (Å²) in [5, 5.41) is 3.20. The number of amides is 1. The molecule has 0 saturated heterocycles. The van der Waals surface area contributed by atoms with Crippen molar-refractivity contribution in [1.82, 2.24) is 19.9 Å². The van der Waals surface area contributed by atoms with Crippen molar-refractivity contribution in [1.29, 1.82) is 0 Å². The molecule has 186 valence electrons. The van der Waals surface area contributed by atoms with Crippen LogP contribution in [0.1, 0.15) is 69.3 Å². The fourth-order valence-corrected chi connectivity index (χ4v) is 8.44. The molecule has 3 aromatic rings. The number of rotatable bonds is 3. The summed E-state index contributed by atoms with van der Waals surface area (Å²) < 4.78 is 7.35. The predicted octanol–water partition coefficient (Wildman–Crippen LogP) is 6.24. The van der Waals surface area contributed by atoms with Gasteiger partial charge in [-0.2, -0.15) is 0 Å². The Balaban J connectivity index is 1.13. The van der Waals surface area contributed by atoms with Gasteiger partial charge in [0, 0.05) is 17.2 Å². The van der Waals surface area contributed by atoms with Crippen molar-refractivity contribution < 1.29 is 9.21 Å². The van der Waals surface area contributed by atoms with Crippen LogP contribution in [0.4, 0.5) is 0 Å². The molecule has 2 heterocycles. The first kappa shape index (κ1) is 22.1. The van der Waals surface area contributed by atoms with Crippen molar-refractivity contribution in [3.05, 3.63) is 66.7 Å². The van der Waals surface area contributed by atoms with Gasteiger partial charge in [-0.1, -0.05) is 43.7 Å². The molecule has 2 saturated carbocycles. The Hall–Kier alpha value is -3.15. The molecule has 4 aliphatic carbocycles. The van der Waals surface area contributed by atoms with Gasteiger partial charge in [0.1, 0.15) is 12.6 Å². The highest BCUT2D eigenvalue weighted by molar-refractivity contribution is 5.92. The Morgan fingerprint density at radius 1 is 1.06 bits per heavy atom. The zero-order chi connectivity index (χ0) is 24.5. The van der Waals surface area contributed by atoms with Gasteiger partial charge >= 0.3 is 0 Å². The third kappa shape index (κ3) is 3.12. The number of oxazole rings is 1. The lowest BCUT2D eigenvalue weighted by Gasteiger charge is -2.58. The number of para-hydroxylation sites is 2. The van der Waals surface area contributed by atoms with Crippen LogP contribution in [0.2, 0.25) is 0 Å². The van der Waals surface area contributed by atoms with Gasteiger partial charge in [0.25, 0.3) is 5.91 Å². The maximum absolute atomic E-state index is 12.5. The van der Waals surface area contributed by atoms with Crippen molar-refractivity contribution in [2.24, 2.45) is 28.6 Å². The lowest BCUT2D eigenvalue weighted by atomic mass is 9.47. The van der Waals surface area contributed by atoms with Crippen molar-refractivity contribution in [3.63, 3.8) is 0 Å². The summed E-state index contributed by atoms with van der Waals surface area (Å²) in [7, 11) is 0. The van der Waals surface area contributed by atoms with Gasteiger partial charge in [-0.3, -0.25) is 4.79 Å². The summed E-state index contributed by atoms with van der Waals surface area (Å²) in [6, 6.07) is 8.66. The summed E-state index contributed by atoms with van der Waals surface area (Å²) in [4.78, 5) is 21.2. The van der Waals surface area contributed by atoms with Crippen LogP contribution in [0.5, 0.6) is 0 Å². The summed E-state index contributed by atoms with van der Waals surface area (Å²) in [5.41, 5.74) is 6.11. The molecule has 0 aliphatic heterocycles.